The second-order valence-electron chi connectivity index (χ2n) is 6.31. The maximum atomic E-state index is 13.3. The van der Waals surface area contributed by atoms with Crippen molar-refractivity contribution in [3.63, 3.8) is 0 Å². The second-order valence-corrected chi connectivity index (χ2v) is 6.31. The Labute approximate surface area is 178 Å². The van der Waals surface area contributed by atoms with Crippen LogP contribution in [-0.4, -0.2) is 24.2 Å². The molecule has 31 heavy (non-hydrogen) atoms. The molecule has 0 atom stereocenters. The summed E-state index contributed by atoms with van der Waals surface area (Å²) in [6.07, 6.45) is 2.98. The predicted octanol–water partition coefficient (Wildman–Crippen LogP) is 4.34. The van der Waals surface area contributed by atoms with Crippen LogP contribution in [-0.2, 0) is 9.53 Å². The summed E-state index contributed by atoms with van der Waals surface area (Å²) in [6, 6.07) is 17.1. The normalized spacial score (nSPS) is 10.3. The van der Waals surface area contributed by atoms with Gasteiger partial charge in [-0.2, -0.15) is 0 Å². The number of esters is 2. The summed E-state index contributed by atoms with van der Waals surface area (Å²) in [6.45, 7) is 0. The first-order valence-corrected chi connectivity index (χ1v) is 9.13. The Hall–Kier alpha value is -4.37. The predicted molar refractivity (Wildman–Crippen MR) is 113 cm³/mol. The van der Waals surface area contributed by atoms with Crippen molar-refractivity contribution in [2.24, 2.45) is 0 Å². The molecule has 0 aliphatic heterocycles. The van der Waals surface area contributed by atoms with E-state index in [0.717, 1.165) is 23.3 Å². The minimum absolute atomic E-state index is 0.00551. The van der Waals surface area contributed by atoms with E-state index in [2.05, 4.69) is 16.6 Å². The van der Waals surface area contributed by atoms with E-state index in [1.807, 2.05) is 24.3 Å². The first kappa shape index (κ1) is 21.3. The van der Waals surface area contributed by atoms with Gasteiger partial charge in [0.15, 0.2) is 11.6 Å². The maximum Gasteiger partial charge on any atom is 0.343 e. The molecule has 0 aromatic heterocycles. The average molecular weight is 416 g/mol. The average Bonchev–Trinajstić information content (AvgIpc) is 2.79. The number of rotatable bonds is 4. The van der Waals surface area contributed by atoms with Gasteiger partial charge in [0, 0.05) is 23.3 Å². The van der Waals surface area contributed by atoms with Crippen LogP contribution in [0.25, 0.3) is 6.08 Å². The van der Waals surface area contributed by atoms with Gasteiger partial charge in [-0.15, -0.1) is 0 Å². The quantitative estimate of drug-likeness (QED) is 0.297. The summed E-state index contributed by atoms with van der Waals surface area (Å²) < 4.78 is 23.0. The summed E-state index contributed by atoms with van der Waals surface area (Å²) in [5, 5.41) is 9.18. The molecule has 0 amide bonds. The van der Waals surface area contributed by atoms with Gasteiger partial charge in [0.05, 0.1) is 12.7 Å². The van der Waals surface area contributed by atoms with E-state index in [9.17, 15) is 19.1 Å². The summed E-state index contributed by atoms with van der Waals surface area (Å²) >= 11 is 0. The second kappa shape index (κ2) is 9.90. The number of aromatic hydroxyl groups is 1. The standard InChI is InChI=1S/C25H17FO5/c1-30-24(28)15-10-18-5-2-17(3-6-18)4-7-19-8-11-20(12-9-19)25(29)31-21-13-14-23(27)22(26)16-21/h2-3,5-6,8-16,27H,1H3/b15-10+. The fourth-order valence-corrected chi connectivity index (χ4v) is 2.46. The molecule has 0 radical (unpaired) electrons. The largest absolute Gasteiger partial charge is 0.505 e. The molecule has 0 spiro atoms. The third kappa shape index (κ3) is 6.05. The number of benzene rings is 3. The van der Waals surface area contributed by atoms with E-state index < -0.39 is 23.5 Å². The first-order valence-electron chi connectivity index (χ1n) is 9.13. The fourth-order valence-electron chi connectivity index (χ4n) is 2.46. The van der Waals surface area contributed by atoms with E-state index in [1.165, 1.54) is 19.3 Å². The highest BCUT2D eigenvalue weighted by Crippen LogP contribution is 2.22. The summed E-state index contributed by atoms with van der Waals surface area (Å²) in [5.74, 6) is 3.54. The van der Waals surface area contributed by atoms with Crippen LogP contribution in [0.1, 0.15) is 27.0 Å². The molecule has 6 heteroatoms. The Morgan fingerprint density at radius 1 is 0.935 bits per heavy atom. The van der Waals surface area contributed by atoms with Crippen molar-refractivity contribution < 1.29 is 28.6 Å². The molecular weight excluding hydrogens is 399 g/mol. The van der Waals surface area contributed by atoms with Gasteiger partial charge in [-0.05, 0) is 60.2 Å². The number of carbonyl (C=O) groups is 2. The monoisotopic (exact) mass is 416 g/mol. The zero-order chi connectivity index (χ0) is 22.2. The van der Waals surface area contributed by atoms with E-state index in [-0.39, 0.29) is 11.3 Å². The van der Waals surface area contributed by atoms with E-state index >= 15 is 0 Å². The molecule has 0 aliphatic rings. The van der Waals surface area contributed by atoms with Crippen LogP contribution in [0.3, 0.4) is 0 Å². The molecule has 0 saturated heterocycles. The van der Waals surface area contributed by atoms with Gasteiger partial charge in [-0.3, -0.25) is 0 Å². The molecule has 0 unspecified atom stereocenters. The molecule has 3 rings (SSSR count). The Kier molecular flexibility index (Phi) is 6.82. The van der Waals surface area contributed by atoms with Crippen LogP contribution in [0, 0.1) is 17.7 Å². The van der Waals surface area contributed by atoms with Crippen LogP contribution in [0.2, 0.25) is 0 Å². The molecule has 5 nitrogen and oxygen atoms in total. The topological polar surface area (TPSA) is 72.8 Å². The zero-order valence-electron chi connectivity index (χ0n) is 16.5. The van der Waals surface area contributed by atoms with Crippen molar-refractivity contribution in [1.29, 1.82) is 0 Å². The minimum Gasteiger partial charge on any atom is -0.505 e. The van der Waals surface area contributed by atoms with Gasteiger partial charge < -0.3 is 14.6 Å². The number of carbonyl (C=O) groups excluding carboxylic acids is 2. The van der Waals surface area contributed by atoms with E-state index in [0.29, 0.717) is 5.56 Å². The molecule has 154 valence electrons. The van der Waals surface area contributed by atoms with Crippen molar-refractivity contribution in [3.05, 3.63) is 101 Å². The molecule has 0 fully saturated rings. The van der Waals surface area contributed by atoms with Crippen LogP contribution < -0.4 is 4.74 Å². The number of hydrogen-bond acceptors (Lipinski definition) is 5. The van der Waals surface area contributed by atoms with Gasteiger partial charge in [-0.25, -0.2) is 14.0 Å². The number of halogens is 1. The maximum absolute atomic E-state index is 13.3. The Balaban J connectivity index is 1.63. The highest BCUT2D eigenvalue weighted by atomic mass is 19.1. The van der Waals surface area contributed by atoms with Gasteiger partial charge in [-0.1, -0.05) is 24.0 Å². The number of phenolic OH excluding ortho intramolecular Hbond substituents is 1. The van der Waals surface area contributed by atoms with Crippen molar-refractivity contribution in [2.75, 3.05) is 7.11 Å². The molecule has 0 bridgehead atoms. The summed E-state index contributed by atoms with van der Waals surface area (Å²) in [7, 11) is 1.32. The van der Waals surface area contributed by atoms with Gasteiger partial charge in [0.2, 0.25) is 0 Å². The van der Waals surface area contributed by atoms with Crippen LogP contribution in [0.5, 0.6) is 11.5 Å². The molecule has 3 aromatic carbocycles. The molecule has 0 saturated carbocycles. The Morgan fingerprint density at radius 3 is 2.13 bits per heavy atom. The fraction of sp³-hybridized carbons (Fsp3) is 0.0400. The van der Waals surface area contributed by atoms with Crippen molar-refractivity contribution >= 4 is 18.0 Å². The lowest BCUT2D eigenvalue weighted by molar-refractivity contribution is -0.134. The number of methoxy groups -OCH3 is 1. The Morgan fingerprint density at radius 2 is 1.55 bits per heavy atom. The summed E-state index contributed by atoms with van der Waals surface area (Å²) in [4.78, 5) is 23.3. The smallest absolute Gasteiger partial charge is 0.343 e. The van der Waals surface area contributed by atoms with Crippen LogP contribution >= 0.6 is 0 Å². The van der Waals surface area contributed by atoms with Crippen molar-refractivity contribution in [3.8, 4) is 23.3 Å². The van der Waals surface area contributed by atoms with E-state index in [1.54, 1.807) is 30.3 Å². The van der Waals surface area contributed by atoms with Gasteiger partial charge in [0.25, 0.3) is 0 Å². The third-order valence-corrected chi connectivity index (χ3v) is 4.13. The SMILES string of the molecule is COC(=O)/C=C/c1ccc(C#Cc2ccc(C(=O)Oc3ccc(O)c(F)c3)cc2)cc1. The molecule has 3 aromatic rings. The highest BCUT2D eigenvalue weighted by molar-refractivity contribution is 5.91. The van der Waals surface area contributed by atoms with Crippen molar-refractivity contribution in [2.45, 2.75) is 0 Å². The number of hydrogen-bond donors (Lipinski definition) is 1. The number of phenols is 1. The van der Waals surface area contributed by atoms with Gasteiger partial charge in [0.1, 0.15) is 5.75 Å². The molecule has 1 N–H and O–H groups in total. The first-order chi connectivity index (χ1) is 14.9. The highest BCUT2D eigenvalue weighted by Gasteiger charge is 2.10. The lowest BCUT2D eigenvalue weighted by Crippen LogP contribution is -2.08. The third-order valence-electron chi connectivity index (χ3n) is 4.13. The summed E-state index contributed by atoms with van der Waals surface area (Å²) in [5.41, 5.74) is 2.60. The number of ether oxygens (including phenoxy) is 2. The lowest BCUT2D eigenvalue weighted by Gasteiger charge is -2.05. The van der Waals surface area contributed by atoms with Gasteiger partial charge >= 0.3 is 11.9 Å². The molecular formula is C25H17FO5. The van der Waals surface area contributed by atoms with Crippen LogP contribution in [0.15, 0.2) is 72.8 Å². The Bertz CT molecular complexity index is 1180. The minimum atomic E-state index is -0.872. The zero-order valence-corrected chi connectivity index (χ0v) is 16.5. The molecule has 0 aliphatic carbocycles. The molecule has 0 heterocycles. The van der Waals surface area contributed by atoms with Crippen molar-refractivity contribution in [1.82, 2.24) is 0 Å². The lowest BCUT2D eigenvalue weighted by atomic mass is 10.1. The van der Waals surface area contributed by atoms with Crippen LogP contribution in [0.4, 0.5) is 4.39 Å². The van der Waals surface area contributed by atoms with E-state index in [4.69, 9.17) is 4.74 Å².